The summed E-state index contributed by atoms with van der Waals surface area (Å²) in [5.41, 5.74) is 9.70. The van der Waals surface area contributed by atoms with Gasteiger partial charge in [-0.05, 0) is 24.6 Å². The fraction of sp³-hybridized carbons (Fsp3) is 0.273. The smallest absolute Gasteiger partial charge is 0.246 e. The molecule has 3 rings (SSSR count). The molecule has 1 aromatic carbocycles. The number of nitrogens with zero attached hydrogens (tertiary/aromatic N) is 2. The van der Waals surface area contributed by atoms with Crippen molar-refractivity contribution in [3.8, 4) is 0 Å². The zero-order chi connectivity index (χ0) is 11.3. The zero-order valence-electron chi connectivity index (χ0n) is 8.95. The average Bonchev–Trinajstić information content (AvgIpc) is 2.61. The van der Waals surface area contributed by atoms with Crippen molar-refractivity contribution in [1.29, 1.82) is 0 Å². The molecule has 82 valence electrons. The summed E-state index contributed by atoms with van der Waals surface area (Å²) in [6, 6.07) is 3.75. The third-order valence-corrected chi connectivity index (χ3v) is 3.08. The Balaban J connectivity index is 2.12. The molecule has 1 amide bonds. The summed E-state index contributed by atoms with van der Waals surface area (Å²) in [5.74, 6) is 0.652. The molecule has 16 heavy (non-hydrogen) atoms. The Hall–Kier alpha value is -2.04. The van der Waals surface area contributed by atoms with E-state index in [-0.39, 0.29) is 5.91 Å². The van der Waals surface area contributed by atoms with Crippen molar-refractivity contribution in [3.63, 3.8) is 0 Å². The van der Waals surface area contributed by atoms with E-state index in [9.17, 15) is 4.79 Å². The first-order chi connectivity index (χ1) is 7.65. The molecular formula is C11H12N4O. The summed E-state index contributed by atoms with van der Waals surface area (Å²) in [5, 5.41) is 2.74. The van der Waals surface area contributed by atoms with Gasteiger partial charge in [0, 0.05) is 17.8 Å². The second-order valence-corrected chi connectivity index (χ2v) is 4.12. The van der Waals surface area contributed by atoms with Crippen molar-refractivity contribution in [2.24, 2.45) is 4.99 Å². The minimum absolute atomic E-state index is 0.00261. The fourth-order valence-electron chi connectivity index (χ4n) is 2.09. The molecule has 0 bridgehead atoms. The van der Waals surface area contributed by atoms with Crippen molar-refractivity contribution < 1.29 is 4.79 Å². The summed E-state index contributed by atoms with van der Waals surface area (Å²) >= 11 is 0. The molecule has 3 N–H and O–H groups in total. The molecule has 2 aliphatic heterocycles. The largest absolute Gasteiger partial charge is 0.399 e. The summed E-state index contributed by atoms with van der Waals surface area (Å²) < 4.78 is 0. The van der Waals surface area contributed by atoms with Crippen molar-refractivity contribution in [1.82, 2.24) is 10.2 Å². The van der Waals surface area contributed by atoms with Gasteiger partial charge in [0.2, 0.25) is 11.9 Å². The Morgan fingerprint density at radius 1 is 1.44 bits per heavy atom. The summed E-state index contributed by atoms with van der Waals surface area (Å²) in [6.45, 7) is 3.07. The highest BCUT2D eigenvalue weighted by Gasteiger charge is 2.29. The van der Waals surface area contributed by atoms with E-state index in [1.165, 1.54) is 0 Å². The van der Waals surface area contributed by atoms with Crippen LogP contribution in [0.2, 0.25) is 0 Å². The fourth-order valence-corrected chi connectivity index (χ4v) is 2.09. The maximum atomic E-state index is 11.3. The molecule has 0 radical (unpaired) electrons. The number of amides is 1. The quantitative estimate of drug-likeness (QED) is 0.621. The number of benzene rings is 1. The average molecular weight is 216 g/mol. The third kappa shape index (κ3) is 1.18. The topological polar surface area (TPSA) is 70.7 Å². The maximum Gasteiger partial charge on any atom is 0.246 e. The van der Waals surface area contributed by atoms with Crippen LogP contribution in [-0.2, 0) is 11.3 Å². The van der Waals surface area contributed by atoms with Gasteiger partial charge in [-0.2, -0.15) is 0 Å². The molecule has 5 heteroatoms. The number of hydrogen-bond donors (Lipinski definition) is 2. The standard InChI is InChI=1S/C11H12N4O/c1-6-7-4-15-5-10(16)14-11(15)13-9(7)3-2-8(6)12/h2-3H,4-5,12H2,1H3,(H,13,14,16). The minimum atomic E-state index is -0.00261. The van der Waals surface area contributed by atoms with E-state index in [0.717, 1.165) is 22.5 Å². The van der Waals surface area contributed by atoms with Gasteiger partial charge in [-0.25, -0.2) is 4.99 Å². The number of nitrogens with one attached hydrogen (secondary N) is 1. The molecule has 1 saturated heterocycles. The number of hydrogen-bond acceptors (Lipinski definition) is 4. The number of carbonyl (C=O) groups is 1. The number of carbonyl (C=O) groups excluding carboxylic acids is 1. The van der Waals surface area contributed by atoms with Gasteiger partial charge in [-0.3, -0.25) is 10.1 Å². The van der Waals surface area contributed by atoms with Gasteiger partial charge in [-0.15, -0.1) is 0 Å². The van der Waals surface area contributed by atoms with Crippen LogP contribution in [0.15, 0.2) is 17.1 Å². The first kappa shape index (κ1) is 9.21. The first-order valence-corrected chi connectivity index (χ1v) is 5.16. The lowest BCUT2D eigenvalue weighted by Crippen LogP contribution is -2.32. The summed E-state index contributed by atoms with van der Waals surface area (Å²) in [7, 11) is 0. The lowest BCUT2D eigenvalue weighted by Gasteiger charge is -2.24. The number of anilines is 1. The third-order valence-electron chi connectivity index (χ3n) is 3.08. The van der Waals surface area contributed by atoms with E-state index >= 15 is 0 Å². The molecule has 0 aliphatic carbocycles. The van der Waals surface area contributed by atoms with E-state index < -0.39 is 0 Å². The van der Waals surface area contributed by atoms with E-state index in [2.05, 4.69) is 10.3 Å². The van der Waals surface area contributed by atoms with E-state index in [1.807, 2.05) is 24.0 Å². The van der Waals surface area contributed by atoms with Crippen LogP contribution in [0.4, 0.5) is 11.4 Å². The minimum Gasteiger partial charge on any atom is -0.399 e. The van der Waals surface area contributed by atoms with Crippen LogP contribution < -0.4 is 11.1 Å². The van der Waals surface area contributed by atoms with Gasteiger partial charge in [0.05, 0.1) is 5.69 Å². The predicted molar refractivity (Wildman–Crippen MR) is 61.2 cm³/mol. The lowest BCUT2D eigenvalue weighted by atomic mass is 10.0. The predicted octanol–water partition coefficient (Wildman–Crippen LogP) is 0.510. The molecule has 5 nitrogen and oxygen atoms in total. The highest BCUT2D eigenvalue weighted by Crippen LogP contribution is 2.32. The molecule has 2 aliphatic rings. The Labute approximate surface area is 93.0 Å². The van der Waals surface area contributed by atoms with Crippen LogP contribution in [0.5, 0.6) is 0 Å². The molecule has 0 unspecified atom stereocenters. The van der Waals surface area contributed by atoms with Gasteiger partial charge >= 0.3 is 0 Å². The van der Waals surface area contributed by atoms with Gasteiger partial charge in [0.1, 0.15) is 6.54 Å². The second kappa shape index (κ2) is 2.98. The summed E-state index contributed by atoms with van der Waals surface area (Å²) in [4.78, 5) is 17.6. The van der Waals surface area contributed by atoms with E-state index in [0.29, 0.717) is 19.0 Å². The number of nitrogen functional groups attached to an aromatic ring is 1. The Morgan fingerprint density at radius 3 is 3.06 bits per heavy atom. The van der Waals surface area contributed by atoms with Crippen LogP contribution >= 0.6 is 0 Å². The van der Waals surface area contributed by atoms with Gasteiger partial charge < -0.3 is 10.6 Å². The van der Waals surface area contributed by atoms with Crippen LogP contribution in [0.25, 0.3) is 0 Å². The van der Waals surface area contributed by atoms with Crippen molar-refractivity contribution in [2.45, 2.75) is 13.5 Å². The summed E-state index contributed by atoms with van der Waals surface area (Å²) in [6.07, 6.45) is 0. The van der Waals surface area contributed by atoms with Crippen molar-refractivity contribution in [3.05, 3.63) is 23.3 Å². The molecule has 1 aromatic rings. The van der Waals surface area contributed by atoms with E-state index in [1.54, 1.807) is 0 Å². The van der Waals surface area contributed by atoms with Crippen LogP contribution in [0, 0.1) is 6.92 Å². The molecule has 0 spiro atoms. The van der Waals surface area contributed by atoms with Gasteiger partial charge in [0.25, 0.3) is 0 Å². The normalized spacial score (nSPS) is 17.7. The van der Waals surface area contributed by atoms with Crippen LogP contribution in [-0.4, -0.2) is 23.3 Å². The molecular weight excluding hydrogens is 204 g/mol. The first-order valence-electron chi connectivity index (χ1n) is 5.16. The lowest BCUT2D eigenvalue weighted by molar-refractivity contribution is -0.118. The zero-order valence-corrected chi connectivity index (χ0v) is 8.95. The van der Waals surface area contributed by atoms with Crippen LogP contribution in [0.1, 0.15) is 11.1 Å². The Bertz CT molecular complexity index is 521. The molecule has 0 aromatic heterocycles. The maximum absolute atomic E-state index is 11.3. The number of nitrogens with two attached hydrogens (primary N) is 1. The SMILES string of the molecule is Cc1c(N)ccc2c1CN1CC(=O)NC1=N2. The Morgan fingerprint density at radius 2 is 2.25 bits per heavy atom. The molecule has 0 atom stereocenters. The number of fused-ring (bicyclic) bond motifs is 2. The van der Waals surface area contributed by atoms with Crippen molar-refractivity contribution >= 4 is 23.2 Å². The number of aliphatic imine (C=N–C) groups is 1. The highest BCUT2D eigenvalue weighted by atomic mass is 16.2. The molecule has 2 heterocycles. The van der Waals surface area contributed by atoms with Gasteiger partial charge in [0.15, 0.2) is 0 Å². The molecule has 1 fully saturated rings. The highest BCUT2D eigenvalue weighted by molar-refractivity contribution is 6.05. The number of rotatable bonds is 0. The van der Waals surface area contributed by atoms with Crippen molar-refractivity contribution in [2.75, 3.05) is 12.3 Å². The Kier molecular flexibility index (Phi) is 1.71. The van der Waals surface area contributed by atoms with Gasteiger partial charge in [-0.1, -0.05) is 0 Å². The number of guanidine groups is 1. The van der Waals surface area contributed by atoms with Crippen LogP contribution in [0.3, 0.4) is 0 Å². The second-order valence-electron chi connectivity index (χ2n) is 4.12. The molecule has 0 saturated carbocycles. The monoisotopic (exact) mass is 216 g/mol. The van der Waals surface area contributed by atoms with E-state index in [4.69, 9.17) is 5.73 Å².